The molecule has 1 N–H and O–H groups in total. The van der Waals surface area contributed by atoms with Crippen LogP contribution in [0.3, 0.4) is 0 Å². The van der Waals surface area contributed by atoms with Crippen molar-refractivity contribution >= 4 is 40.9 Å². The Morgan fingerprint density at radius 2 is 1.96 bits per heavy atom. The molecule has 0 unspecified atom stereocenters. The summed E-state index contributed by atoms with van der Waals surface area (Å²) in [7, 11) is 0. The molecule has 2 aliphatic heterocycles. The van der Waals surface area contributed by atoms with Gasteiger partial charge in [0.15, 0.2) is 0 Å². The predicted octanol–water partition coefficient (Wildman–Crippen LogP) is 2.86. The molecule has 1 aromatic rings. The van der Waals surface area contributed by atoms with Crippen LogP contribution in [0.25, 0.3) is 0 Å². The zero-order valence-corrected chi connectivity index (χ0v) is 15.4. The number of amides is 1. The highest BCUT2D eigenvalue weighted by atomic mass is 35.5. The van der Waals surface area contributed by atoms with Crippen molar-refractivity contribution < 1.29 is 4.79 Å². The third-order valence-electron chi connectivity index (χ3n) is 4.34. The largest absolute Gasteiger partial charge is 0.324 e. The Morgan fingerprint density at radius 1 is 1.22 bits per heavy atom. The summed E-state index contributed by atoms with van der Waals surface area (Å²) in [5.41, 5.74) is 1.04. The Kier molecular flexibility index (Phi) is 5.75. The molecule has 2 heterocycles. The maximum Gasteiger partial charge on any atom is 0.236 e. The van der Waals surface area contributed by atoms with E-state index in [2.05, 4.69) is 10.2 Å². The second-order valence-corrected chi connectivity index (χ2v) is 8.17. The molecule has 0 aromatic heterocycles. The van der Waals surface area contributed by atoms with Crippen molar-refractivity contribution in [3.63, 3.8) is 0 Å². The second kappa shape index (κ2) is 7.62. The first-order valence-corrected chi connectivity index (χ1v) is 9.60. The summed E-state index contributed by atoms with van der Waals surface area (Å²) in [6, 6.07) is 5.65. The lowest BCUT2D eigenvalue weighted by Crippen LogP contribution is -2.46. The van der Waals surface area contributed by atoms with Gasteiger partial charge in [0.2, 0.25) is 5.91 Å². The molecule has 23 heavy (non-hydrogen) atoms. The Hall–Kier alpha value is -0.460. The molecule has 126 valence electrons. The van der Waals surface area contributed by atoms with E-state index in [0.29, 0.717) is 10.0 Å². The molecule has 2 fully saturated rings. The van der Waals surface area contributed by atoms with Gasteiger partial charge in [0.05, 0.1) is 15.3 Å². The highest BCUT2D eigenvalue weighted by Crippen LogP contribution is 2.43. The van der Waals surface area contributed by atoms with Gasteiger partial charge in [-0.3, -0.25) is 9.69 Å². The molecule has 0 spiro atoms. The quantitative estimate of drug-likeness (QED) is 0.879. The highest BCUT2D eigenvalue weighted by molar-refractivity contribution is 8.01. The van der Waals surface area contributed by atoms with Crippen LogP contribution in [0.5, 0.6) is 0 Å². The first-order valence-electron chi connectivity index (χ1n) is 7.90. The maximum absolute atomic E-state index is 12.5. The van der Waals surface area contributed by atoms with Gasteiger partial charge < -0.3 is 10.2 Å². The topological polar surface area (TPSA) is 35.6 Å². The van der Waals surface area contributed by atoms with Crippen molar-refractivity contribution in [2.75, 3.05) is 39.3 Å². The van der Waals surface area contributed by atoms with Gasteiger partial charge in [-0.25, -0.2) is 0 Å². The standard InChI is InChI=1S/C16H21Cl2N3OS/c1-11-15(22)21(9-8-20-6-4-19-5-7-20)16(23-11)12-2-3-13(17)14(18)10-12/h2-3,10-11,16,19H,4-9H2,1H3/t11-,16-/m1/s1. The van der Waals surface area contributed by atoms with E-state index in [1.54, 1.807) is 11.8 Å². The van der Waals surface area contributed by atoms with Gasteiger partial charge in [-0.1, -0.05) is 29.3 Å². The zero-order valence-electron chi connectivity index (χ0n) is 13.1. The minimum atomic E-state index is -0.0162. The number of rotatable bonds is 4. The van der Waals surface area contributed by atoms with E-state index in [-0.39, 0.29) is 16.5 Å². The monoisotopic (exact) mass is 373 g/mol. The molecule has 0 radical (unpaired) electrons. The van der Waals surface area contributed by atoms with Crippen molar-refractivity contribution in [1.29, 1.82) is 0 Å². The molecule has 2 aliphatic rings. The molecule has 7 heteroatoms. The summed E-state index contributed by atoms with van der Waals surface area (Å²) in [4.78, 5) is 16.9. The Labute approximate surface area is 151 Å². The van der Waals surface area contributed by atoms with Crippen molar-refractivity contribution in [2.24, 2.45) is 0 Å². The fourth-order valence-electron chi connectivity index (χ4n) is 3.01. The summed E-state index contributed by atoms with van der Waals surface area (Å²) < 4.78 is 0. The van der Waals surface area contributed by atoms with E-state index >= 15 is 0 Å². The van der Waals surface area contributed by atoms with Gasteiger partial charge >= 0.3 is 0 Å². The normalized spacial score (nSPS) is 26.0. The minimum Gasteiger partial charge on any atom is -0.324 e. The van der Waals surface area contributed by atoms with Crippen molar-refractivity contribution in [2.45, 2.75) is 17.5 Å². The number of nitrogens with one attached hydrogen (secondary N) is 1. The van der Waals surface area contributed by atoms with Crippen LogP contribution in [0, 0.1) is 0 Å². The molecule has 1 amide bonds. The highest BCUT2D eigenvalue weighted by Gasteiger charge is 2.38. The third kappa shape index (κ3) is 3.97. The maximum atomic E-state index is 12.5. The van der Waals surface area contributed by atoms with Crippen molar-refractivity contribution in [3.8, 4) is 0 Å². The summed E-state index contributed by atoms with van der Waals surface area (Å²) in [5.74, 6) is 0.209. The average molecular weight is 374 g/mol. The molecular formula is C16H21Cl2N3OS. The van der Waals surface area contributed by atoms with Gasteiger partial charge in [-0.15, -0.1) is 11.8 Å². The smallest absolute Gasteiger partial charge is 0.236 e. The van der Waals surface area contributed by atoms with Crippen LogP contribution >= 0.6 is 35.0 Å². The Balaban J connectivity index is 1.72. The number of halogens is 2. The minimum absolute atomic E-state index is 0.0162. The van der Waals surface area contributed by atoms with Crippen LogP contribution < -0.4 is 5.32 Å². The second-order valence-electron chi connectivity index (χ2n) is 5.93. The molecule has 2 saturated heterocycles. The van der Waals surface area contributed by atoms with Crippen molar-refractivity contribution in [3.05, 3.63) is 33.8 Å². The number of carbonyl (C=O) groups is 1. The molecule has 1 aromatic carbocycles. The van der Waals surface area contributed by atoms with E-state index in [9.17, 15) is 4.79 Å². The number of benzene rings is 1. The van der Waals surface area contributed by atoms with Crippen LogP contribution in [-0.4, -0.2) is 60.2 Å². The van der Waals surface area contributed by atoms with E-state index in [0.717, 1.165) is 44.8 Å². The summed E-state index contributed by atoms with van der Waals surface area (Å²) >= 11 is 13.8. The summed E-state index contributed by atoms with van der Waals surface area (Å²) in [5, 5.41) is 4.45. The Morgan fingerprint density at radius 3 is 2.65 bits per heavy atom. The van der Waals surface area contributed by atoms with E-state index in [1.165, 1.54) is 0 Å². The molecule has 0 saturated carbocycles. The average Bonchev–Trinajstić information content (AvgIpc) is 2.84. The summed E-state index contributed by atoms with van der Waals surface area (Å²) in [6.45, 7) is 7.77. The molecule has 3 rings (SSSR count). The summed E-state index contributed by atoms with van der Waals surface area (Å²) in [6.07, 6.45) is 0. The number of hydrogen-bond acceptors (Lipinski definition) is 4. The first kappa shape index (κ1) is 17.4. The predicted molar refractivity (Wildman–Crippen MR) is 97.3 cm³/mol. The molecular weight excluding hydrogens is 353 g/mol. The molecule has 2 atom stereocenters. The molecule has 0 bridgehead atoms. The number of hydrogen-bond donors (Lipinski definition) is 1. The van der Waals surface area contributed by atoms with Crippen LogP contribution in [0.2, 0.25) is 10.0 Å². The third-order valence-corrected chi connectivity index (χ3v) is 6.48. The number of nitrogens with zero attached hydrogens (tertiary/aromatic N) is 2. The van der Waals surface area contributed by atoms with E-state index < -0.39 is 0 Å². The lowest BCUT2D eigenvalue weighted by Gasteiger charge is -2.31. The van der Waals surface area contributed by atoms with Gasteiger partial charge in [0, 0.05) is 39.3 Å². The van der Waals surface area contributed by atoms with Crippen LogP contribution in [-0.2, 0) is 4.79 Å². The van der Waals surface area contributed by atoms with Gasteiger partial charge in [-0.05, 0) is 24.6 Å². The van der Waals surface area contributed by atoms with E-state index in [1.807, 2.05) is 30.0 Å². The molecule has 0 aliphatic carbocycles. The lowest BCUT2D eigenvalue weighted by molar-refractivity contribution is -0.130. The van der Waals surface area contributed by atoms with Gasteiger partial charge in [-0.2, -0.15) is 0 Å². The zero-order chi connectivity index (χ0) is 16.4. The fourth-order valence-corrected chi connectivity index (χ4v) is 4.61. The van der Waals surface area contributed by atoms with E-state index in [4.69, 9.17) is 23.2 Å². The number of piperazine rings is 1. The van der Waals surface area contributed by atoms with Crippen LogP contribution in [0.1, 0.15) is 17.9 Å². The van der Waals surface area contributed by atoms with Gasteiger partial charge in [0.1, 0.15) is 5.37 Å². The SMILES string of the molecule is C[C@H]1S[C@H](c2ccc(Cl)c(Cl)c2)N(CCN2CCNCC2)C1=O. The number of thioether (sulfide) groups is 1. The number of carbonyl (C=O) groups excluding carboxylic acids is 1. The first-order chi connectivity index (χ1) is 11.1. The fraction of sp³-hybridized carbons (Fsp3) is 0.562. The Bertz CT molecular complexity index is 580. The lowest BCUT2D eigenvalue weighted by atomic mass is 10.2. The van der Waals surface area contributed by atoms with Crippen LogP contribution in [0.15, 0.2) is 18.2 Å². The van der Waals surface area contributed by atoms with Crippen LogP contribution in [0.4, 0.5) is 0 Å². The molecule has 4 nitrogen and oxygen atoms in total. The van der Waals surface area contributed by atoms with Gasteiger partial charge in [0.25, 0.3) is 0 Å². The van der Waals surface area contributed by atoms with Crippen molar-refractivity contribution in [1.82, 2.24) is 15.1 Å².